The van der Waals surface area contributed by atoms with E-state index in [0.717, 1.165) is 0 Å². The van der Waals surface area contributed by atoms with E-state index < -0.39 is 54.0 Å². The van der Waals surface area contributed by atoms with Gasteiger partial charge >= 0.3 is 5.97 Å². The number of nitrogens with two attached hydrogens (primary N) is 1. The maximum absolute atomic E-state index is 12.9. The normalized spacial score (nSPS) is 21.3. The second kappa shape index (κ2) is 9.65. The zero-order valence-corrected chi connectivity index (χ0v) is 16.1. The van der Waals surface area contributed by atoms with Crippen LogP contribution in [0.3, 0.4) is 0 Å². The summed E-state index contributed by atoms with van der Waals surface area (Å²) >= 11 is 0. The van der Waals surface area contributed by atoms with Crippen molar-refractivity contribution in [3.63, 3.8) is 0 Å². The number of nitrogens with one attached hydrogen (secondary N) is 2. The average Bonchev–Trinajstić information content (AvgIpc) is 3.05. The topological polar surface area (TPSA) is 162 Å². The van der Waals surface area contributed by atoms with Crippen LogP contribution in [-0.4, -0.2) is 75.6 Å². The summed E-state index contributed by atoms with van der Waals surface area (Å²) in [6.45, 7) is 6.62. The minimum atomic E-state index is -1.46. The Labute approximate surface area is 158 Å². The van der Waals surface area contributed by atoms with Crippen LogP contribution < -0.4 is 16.4 Å². The molecule has 1 saturated heterocycles. The molecule has 5 unspecified atom stereocenters. The number of carboxylic acid groups (broad SMARTS) is 1. The van der Waals surface area contributed by atoms with Crippen molar-refractivity contribution in [3.8, 4) is 0 Å². The summed E-state index contributed by atoms with van der Waals surface area (Å²) in [5, 5.41) is 23.5. The smallest absolute Gasteiger partial charge is 0.328 e. The monoisotopic (exact) mass is 386 g/mol. The van der Waals surface area contributed by atoms with Crippen LogP contribution in [0, 0.1) is 5.92 Å². The minimum Gasteiger partial charge on any atom is -0.480 e. The molecule has 0 aliphatic carbocycles. The summed E-state index contributed by atoms with van der Waals surface area (Å²) in [5.74, 6) is -3.12. The molecule has 0 aromatic carbocycles. The van der Waals surface area contributed by atoms with Gasteiger partial charge in [0.05, 0.1) is 12.1 Å². The molecule has 0 bridgehead atoms. The van der Waals surface area contributed by atoms with Crippen molar-refractivity contribution in [1.82, 2.24) is 15.5 Å². The van der Waals surface area contributed by atoms with Crippen molar-refractivity contribution in [1.29, 1.82) is 0 Å². The van der Waals surface area contributed by atoms with Gasteiger partial charge in [0.2, 0.25) is 17.7 Å². The number of rotatable bonds is 8. The predicted molar refractivity (Wildman–Crippen MR) is 96.4 cm³/mol. The Morgan fingerprint density at radius 2 is 1.67 bits per heavy atom. The van der Waals surface area contributed by atoms with Crippen LogP contribution >= 0.6 is 0 Å². The Morgan fingerprint density at radius 3 is 2.11 bits per heavy atom. The molecule has 10 nitrogen and oxygen atoms in total. The molecule has 1 aliphatic rings. The first-order valence-corrected chi connectivity index (χ1v) is 9.05. The molecule has 5 atom stereocenters. The standard InChI is InChI=1S/C17H30N4O6/c1-8(2)12(19-14(23)9(3)18)16(25)21-7-5-6-11(21)15(24)20-13(10(4)22)17(26)27/h8-13,22H,5-7,18H2,1-4H3,(H,19,23)(H,20,24)(H,26,27). The van der Waals surface area contributed by atoms with Gasteiger partial charge in [0.25, 0.3) is 0 Å². The van der Waals surface area contributed by atoms with E-state index in [1.54, 1.807) is 13.8 Å². The van der Waals surface area contributed by atoms with Crippen molar-refractivity contribution in [2.24, 2.45) is 11.7 Å². The Kier molecular flexibility index (Phi) is 8.17. The molecular formula is C17H30N4O6. The van der Waals surface area contributed by atoms with E-state index in [1.165, 1.54) is 18.7 Å². The maximum atomic E-state index is 12.9. The molecule has 10 heteroatoms. The molecule has 1 aliphatic heterocycles. The number of likely N-dealkylation sites (tertiary alicyclic amines) is 1. The second-order valence-electron chi connectivity index (χ2n) is 7.27. The van der Waals surface area contributed by atoms with E-state index in [1.807, 2.05) is 0 Å². The molecule has 3 amide bonds. The van der Waals surface area contributed by atoms with Crippen molar-refractivity contribution in [2.45, 2.75) is 70.8 Å². The van der Waals surface area contributed by atoms with Gasteiger partial charge in [0.1, 0.15) is 12.1 Å². The molecule has 1 fully saturated rings. The lowest BCUT2D eigenvalue weighted by Gasteiger charge is -2.31. The van der Waals surface area contributed by atoms with E-state index >= 15 is 0 Å². The van der Waals surface area contributed by atoms with Gasteiger partial charge in [0, 0.05) is 6.54 Å². The Morgan fingerprint density at radius 1 is 1.07 bits per heavy atom. The van der Waals surface area contributed by atoms with Crippen molar-refractivity contribution in [3.05, 3.63) is 0 Å². The molecule has 1 rings (SSSR count). The molecule has 0 radical (unpaired) electrons. The fourth-order valence-electron chi connectivity index (χ4n) is 2.92. The van der Waals surface area contributed by atoms with Crippen molar-refractivity contribution in [2.75, 3.05) is 6.54 Å². The Balaban J connectivity index is 2.93. The van der Waals surface area contributed by atoms with Gasteiger partial charge in [-0.1, -0.05) is 13.8 Å². The lowest BCUT2D eigenvalue weighted by molar-refractivity contribution is -0.147. The Bertz CT molecular complexity index is 578. The van der Waals surface area contributed by atoms with Crippen molar-refractivity contribution < 1.29 is 29.4 Å². The highest BCUT2D eigenvalue weighted by Crippen LogP contribution is 2.21. The van der Waals surface area contributed by atoms with E-state index in [2.05, 4.69) is 10.6 Å². The van der Waals surface area contributed by atoms with Gasteiger partial charge in [0.15, 0.2) is 6.04 Å². The highest BCUT2D eigenvalue weighted by molar-refractivity contribution is 5.94. The molecule has 0 aromatic heterocycles. The first-order valence-electron chi connectivity index (χ1n) is 9.05. The van der Waals surface area contributed by atoms with Crippen LogP contribution in [0.4, 0.5) is 0 Å². The molecule has 0 saturated carbocycles. The van der Waals surface area contributed by atoms with E-state index in [4.69, 9.17) is 10.8 Å². The lowest BCUT2D eigenvalue weighted by atomic mass is 10.0. The quantitative estimate of drug-likeness (QED) is 0.336. The zero-order valence-electron chi connectivity index (χ0n) is 16.1. The van der Waals surface area contributed by atoms with E-state index in [0.29, 0.717) is 19.4 Å². The first kappa shape index (κ1) is 22.8. The predicted octanol–water partition coefficient (Wildman–Crippen LogP) is -1.58. The van der Waals surface area contributed by atoms with Crippen LogP contribution in [0.2, 0.25) is 0 Å². The number of aliphatic hydroxyl groups is 1. The molecule has 154 valence electrons. The molecule has 1 heterocycles. The number of carbonyl (C=O) groups is 4. The van der Waals surface area contributed by atoms with Crippen LogP contribution in [0.15, 0.2) is 0 Å². The molecule has 6 N–H and O–H groups in total. The van der Waals surface area contributed by atoms with Gasteiger partial charge in [-0.25, -0.2) is 4.79 Å². The molecule has 0 spiro atoms. The number of carboxylic acids is 1. The third-order valence-electron chi connectivity index (χ3n) is 4.53. The molecular weight excluding hydrogens is 356 g/mol. The largest absolute Gasteiger partial charge is 0.480 e. The number of aliphatic hydroxyl groups excluding tert-OH is 1. The maximum Gasteiger partial charge on any atom is 0.328 e. The number of aliphatic carboxylic acids is 1. The third-order valence-corrected chi connectivity index (χ3v) is 4.53. The third kappa shape index (κ3) is 5.90. The minimum absolute atomic E-state index is 0.228. The fraction of sp³-hybridized carbons (Fsp3) is 0.765. The van der Waals surface area contributed by atoms with Gasteiger partial charge in [-0.2, -0.15) is 0 Å². The number of hydrogen-bond donors (Lipinski definition) is 5. The number of hydrogen-bond acceptors (Lipinski definition) is 6. The first-order chi connectivity index (χ1) is 12.5. The highest BCUT2D eigenvalue weighted by atomic mass is 16.4. The zero-order chi connectivity index (χ0) is 20.9. The number of nitrogens with zero attached hydrogens (tertiary/aromatic N) is 1. The van der Waals surface area contributed by atoms with Gasteiger partial charge < -0.3 is 31.5 Å². The summed E-state index contributed by atoms with van der Waals surface area (Å²) in [6.07, 6.45) is -0.344. The number of carbonyl (C=O) groups excluding carboxylic acids is 3. The summed E-state index contributed by atoms with van der Waals surface area (Å²) in [7, 11) is 0. The summed E-state index contributed by atoms with van der Waals surface area (Å²) < 4.78 is 0. The van der Waals surface area contributed by atoms with Crippen LogP contribution in [0.1, 0.15) is 40.5 Å². The SMILES string of the molecule is CC(N)C(=O)NC(C(=O)N1CCCC1C(=O)NC(C(=O)O)C(C)O)C(C)C. The lowest BCUT2D eigenvalue weighted by Crippen LogP contribution is -2.58. The number of amides is 3. The van der Waals surface area contributed by atoms with E-state index in [9.17, 15) is 24.3 Å². The van der Waals surface area contributed by atoms with Gasteiger partial charge in [-0.05, 0) is 32.6 Å². The van der Waals surface area contributed by atoms with Crippen LogP contribution in [-0.2, 0) is 19.2 Å². The Hall–Kier alpha value is -2.20. The molecule has 0 aromatic rings. The van der Waals surface area contributed by atoms with E-state index in [-0.39, 0.29) is 5.92 Å². The van der Waals surface area contributed by atoms with Gasteiger partial charge in [-0.3, -0.25) is 14.4 Å². The summed E-state index contributed by atoms with van der Waals surface area (Å²) in [5.41, 5.74) is 5.54. The van der Waals surface area contributed by atoms with Crippen LogP contribution in [0.5, 0.6) is 0 Å². The van der Waals surface area contributed by atoms with Crippen LogP contribution in [0.25, 0.3) is 0 Å². The summed E-state index contributed by atoms with van der Waals surface area (Å²) in [6, 6.07) is -3.94. The average molecular weight is 386 g/mol. The fourth-order valence-corrected chi connectivity index (χ4v) is 2.92. The molecule has 27 heavy (non-hydrogen) atoms. The van der Waals surface area contributed by atoms with Gasteiger partial charge in [-0.15, -0.1) is 0 Å². The van der Waals surface area contributed by atoms with Crippen molar-refractivity contribution >= 4 is 23.7 Å². The summed E-state index contributed by atoms with van der Waals surface area (Å²) in [4.78, 5) is 49.9. The second-order valence-corrected chi connectivity index (χ2v) is 7.27. The highest BCUT2D eigenvalue weighted by Gasteiger charge is 2.40.